The highest BCUT2D eigenvalue weighted by molar-refractivity contribution is 4.97. The lowest BCUT2D eigenvalue weighted by Gasteiger charge is -1.88. The SMILES string of the molecule is O=c1ccoc(CO)c1. The zero-order valence-corrected chi connectivity index (χ0v) is 4.70. The molecule has 0 aliphatic carbocycles. The fourth-order valence-electron chi connectivity index (χ4n) is 0.512. The van der Waals surface area contributed by atoms with Crippen LogP contribution in [-0.4, -0.2) is 5.11 Å². The molecule has 0 amide bonds. The molecule has 0 fully saturated rings. The van der Waals surface area contributed by atoms with Gasteiger partial charge in [0, 0.05) is 12.1 Å². The molecule has 1 heterocycles. The fourth-order valence-corrected chi connectivity index (χ4v) is 0.512. The first-order valence-electron chi connectivity index (χ1n) is 2.51. The summed E-state index contributed by atoms with van der Waals surface area (Å²) in [5.74, 6) is 0.294. The van der Waals surface area contributed by atoms with Crippen molar-refractivity contribution in [1.29, 1.82) is 0 Å². The predicted octanol–water partition coefficient (Wildman–Crippen LogP) is 0.132. The molecule has 0 saturated heterocycles. The van der Waals surface area contributed by atoms with Crippen molar-refractivity contribution in [2.45, 2.75) is 6.61 Å². The van der Waals surface area contributed by atoms with E-state index in [1.807, 2.05) is 0 Å². The molecule has 1 N–H and O–H groups in total. The highest BCUT2D eigenvalue weighted by atomic mass is 16.4. The zero-order valence-electron chi connectivity index (χ0n) is 4.70. The number of hydrogen-bond donors (Lipinski definition) is 1. The van der Waals surface area contributed by atoms with Gasteiger partial charge < -0.3 is 9.52 Å². The molecule has 9 heavy (non-hydrogen) atoms. The molecule has 0 atom stereocenters. The van der Waals surface area contributed by atoms with Gasteiger partial charge in [-0.05, 0) is 0 Å². The minimum Gasteiger partial charge on any atom is -0.467 e. The van der Waals surface area contributed by atoms with E-state index in [9.17, 15) is 4.79 Å². The van der Waals surface area contributed by atoms with Crippen LogP contribution in [-0.2, 0) is 6.61 Å². The topological polar surface area (TPSA) is 50.4 Å². The van der Waals surface area contributed by atoms with Gasteiger partial charge in [-0.25, -0.2) is 0 Å². The summed E-state index contributed by atoms with van der Waals surface area (Å²) < 4.78 is 4.71. The van der Waals surface area contributed by atoms with Gasteiger partial charge in [-0.3, -0.25) is 4.79 Å². The van der Waals surface area contributed by atoms with Gasteiger partial charge >= 0.3 is 0 Å². The molecule has 3 nitrogen and oxygen atoms in total. The Hall–Kier alpha value is -1.09. The third kappa shape index (κ3) is 1.40. The Kier molecular flexibility index (Phi) is 1.65. The van der Waals surface area contributed by atoms with Crippen molar-refractivity contribution in [3.63, 3.8) is 0 Å². The molecule has 0 unspecified atom stereocenters. The summed E-state index contributed by atoms with van der Waals surface area (Å²) in [5.41, 5.74) is -0.148. The van der Waals surface area contributed by atoms with E-state index in [0.717, 1.165) is 0 Å². The Morgan fingerprint density at radius 3 is 2.89 bits per heavy atom. The van der Waals surface area contributed by atoms with E-state index >= 15 is 0 Å². The number of aliphatic hydroxyl groups is 1. The van der Waals surface area contributed by atoms with Crippen LogP contribution in [0.1, 0.15) is 5.76 Å². The van der Waals surface area contributed by atoms with E-state index < -0.39 is 0 Å². The van der Waals surface area contributed by atoms with Crippen LogP contribution < -0.4 is 5.43 Å². The number of rotatable bonds is 1. The van der Waals surface area contributed by atoms with Gasteiger partial charge in [0.2, 0.25) is 0 Å². The maximum atomic E-state index is 10.5. The van der Waals surface area contributed by atoms with Crippen molar-refractivity contribution in [3.8, 4) is 0 Å². The maximum Gasteiger partial charge on any atom is 0.185 e. The lowest BCUT2D eigenvalue weighted by molar-refractivity contribution is 0.243. The quantitative estimate of drug-likeness (QED) is 0.582. The molecule has 1 aromatic heterocycles. The van der Waals surface area contributed by atoms with E-state index in [1.165, 1.54) is 18.4 Å². The van der Waals surface area contributed by atoms with Gasteiger partial charge in [0.15, 0.2) is 5.43 Å². The third-order valence-corrected chi connectivity index (χ3v) is 0.911. The second-order valence-electron chi connectivity index (χ2n) is 1.59. The molecule has 0 aliphatic heterocycles. The monoisotopic (exact) mass is 126 g/mol. The first-order chi connectivity index (χ1) is 4.33. The normalized spacial score (nSPS) is 9.44. The molecule has 0 aliphatic rings. The zero-order chi connectivity index (χ0) is 6.69. The summed E-state index contributed by atoms with van der Waals surface area (Å²) in [4.78, 5) is 10.5. The molecular formula is C6H6O3. The van der Waals surface area contributed by atoms with Crippen LogP contribution in [0.5, 0.6) is 0 Å². The lowest BCUT2D eigenvalue weighted by atomic mass is 10.4. The molecule has 0 radical (unpaired) electrons. The standard InChI is InChI=1S/C6H6O3/c7-4-6-3-5(8)1-2-9-6/h1-3,7H,4H2. The van der Waals surface area contributed by atoms with E-state index in [0.29, 0.717) is 5.76 Å². The Morgan fingerprint density at radius 1 is 1.67 bits per heavy atom. The average Bonchev–Trinajstić information content (AvgIpc) is 1.88. The second-order valence-corrected chi connectivity index (χ2v) is 1.59. The highest BCUT2D eigenvalue weighted by Gasteiger charge is 1.89. The first kappa shape index (κ1) is 6.04. The molecule has 1 rings (SSSR count). The lowest BCUT2D eigenvalue weighted by Crippen LogP contribution is -1.97. The first-order valence-corrected chi connectivity index (χ1v) is 2.51. The maximum absolute atomic E-state index is 10.5. The van der Waals surface area contributed by atoms with E-state index in [4.69, 9.17) is 9.52 Å². The van der Waals surface area contributed by atoms with E-state index in [1.54, 1.807) is 0 Å². The molecular weight excluding hydrogens is 120 g/mol. The molecule has 0 bridgehead atoms. The van der Waals surface area contributed by atoms with Crippen LogP contribution in [0.15, 0.2) is 27.6 Å². The van der Waals surface area contributed by atoms with Gasteiger partial charge in [-0.15, -0.1) is 0 Å². The van der Waals surface area contributed by atoms with Gasteiger partial charge in [-0.2, -0.15) is 0 Å². The summed E-state index contributed by atoms with van der Waals surface area (Å²) in [6.45, 7) is -0.226. The molecule has 0 aromatic carbocycles. The molecule has 48 valence electrons. The Labute approximate surface area is 51.6 Å². The minimum atomic E-state index is -0.226. The number of aliphatic hydroxyl groups excluding tert-OH is 1. The predicted molar refractivity (Wildman–Crippen MR) is 30.9 cm³/mol. The molecule has 1 aromatic rings. The minimum absolute atomic E-state index is 0.148. The van der Waals surface area contributed by atoms with Gasteiger partial charge in [0.25, 0.3) is 0 Å². The van der Waals surface area contributed by atoms with E-state index in [2.05, 4.69) is 0 Å². The number of hydrogen-bond acceptors (Lipinski definition) is 3. The summed E-state index contributed by atoms with van der Waals surface area (Å²) in [6, 6.07) is 2.54. The van der Waals surface area contributed by atoms with Crippen molar-refractivity contribution in [3.05, 3.63) is 34.4 Å². The summed E-state index contributed by atoms with van der Waals surface area (Å²) in [7, 11) is 0. The van der Waals surface area contributed by atoms with Crippen LogP contribution in [0.2, 0.25) is 0 Å². The van der Waals surface area contributed by atoms with Gasteiger partial charge in [-0.1, -0.05) is 0 Å². The second kappa shape index (κ2) is 2.46. The van der Waals surface area contributed by atoms with Crippen molar-refractivity contribution >= 4 is 0 Å². The van der Waals surface area contributed by atoms with Crippen LogP contribution in [0.3, 0.4) is 0 Å². The fraction of sp³-hybridized carbons (Fsp3) is 0.167. The summed E-state index contributed by atoms with van der Waals surface area (Å²) >= 11 is 0. The molecule has 3 heteroatoms. The average molecular weight is 126 g/mol. The Bertz CT molecular complexity index is 238. The van der Waals surface area contributed by atoms with Crippen molar-refractivity contribution < 1.29 is 9.52 Å². The van der Waals surface area contributed by atoms with Crippen molar-refractivity contribution in [2.75, 3.05) is 0 Å². The molecule has 0 spiro atoms. The van der Waals surface area contributed by atoms with Gasteiger partial charge in [0.05, 0.1) is 6.26 Å². The van der Waals surface area contributed by atoms with E-state index in [-0.39, 0.29) is 12.0 Å². The Morgan fingerprint density at radius 2 is 2.44 bits per heavy atom. The van der Waals surface area contributed by atoms with Crippen LogP contribution >= 0.6 is 0 Å². The van der Waals surface area contributed by atoms with Crippen LogP contribution in [0.25, 0.3) is 0 Å². The molecule has 0 saturated carbocycles. The Balaban J connectivity index is 3.08. The summed E-state index contributed by atoms with van der Waals surface area (Å²) in [6.07, 6.45) is 1.26. The summed E-state index contributed by atoms with van der Waals surface area (Å²) in [5, 5.41) is 8.43. The van der Waals surface area contributed by atoms with Crippen molar-refractivity contribution in [1.82, 2.24) is 0 Å². The largest absolute Gasteiger partial charge is 0.467 e. The van der Waals surface area contributed by atoms with Crippen LogP contribution in [0.4, 0.5) is 0 Å². The smallest absolute Gasteiger partial charge is 0.185 e. The van der Waals surface area contributed by atoms with Crippen LogP contribution in [0, 0.1) is 0 Å². The highest BCUT2D eigenvalue weighted by Crippen LogP contribution is 1.91. The van der Waals surface area contributed by atoms with Gasteiger partial charge in [0.1, 0.15) is 12.4 Å². The third-order valence-electron chi connectivity index (χ3n) is 0.911. The van der Waals surface area contributed by atoms with Crippen molar-refractivity contribution in [2.24, 2.45) is 0 Å².